The van der Waals surface area contributed by atoms with Gasteiger partial charge >= 0.3 is 0 Å². The fraction of sp³-hybridized carbons (Fsp3) is 0.333. The van der Waals surface area contributed by atoms with Crippen molar-refractivity contribution in [1.82, 2.24) is 4.72 Å². The van der Waals surface area contributed by atoms with Crippen molar-refractivity contribution in [3.05, 3.63) is 48.0 Å². The van der Waals surface area contributed by atoms with Gasteiger partial charge in [-0.05, 0) is 56.2 Å². The third-order valence-corrected chi connectivity index (χ3v) is 7.51. The Labute approximate surface area is 176 Å². The minimum absolute atomic E-state index is 0.0648. The summed E-state index contributed by atoms with van der Waals surface area (Å²) in [6.45, 7) is 1.85. The highest BCUT2D eigenvalue weighted by Crippen LogP contribution is 2.36. The highest BCUT2D eigenvalue weighted by Gasteiger charge is 2.24. The van der Waals surface area contributed by atoms with E-state index in [2.05, 4.69) is 15.4 Å². The maximum Gasteiger partial charge on any atom is 0.255 e. The molecular formula is C21H23N3O3S2. The van der Waals surface area contributed by atoms with Crippen LogP contribution in [0.25, 0.3) is 0 Å². The van der Waals surface area contributed by atoms with Gasteiger partial charge in [-0.3, -0.25) is 9.59 Å². The SMILES string of the molecule is CC1Sc2ccc(C(=O)Nc3cccc(S(=O)NC4CCCC4)c3)cc2NC1=O. The smallest absolute Gasteiger partial charge is 0.255 e. The molecule has 2 aliphatic rings. The Morgan fingerprint density at radius 1 is 1.17 bits per heavy atom. The van der Waals surface area contributed by atoms with Crippen LogP contribution in [0.2, 0.25) is 0 Å². The van der Waals surface area contributed by atoms with Crippen molar-refractivity contribution in [1.29, 1.82) is 0 Å². The van der Waals surface area contributed by atoms with Crippen molar-refractivity contribution in [3.63, 3.8) is 0 Å². The van der Waals surface area contributed by atoms with E-state index in [1.165, 1.54) is 24.6 Å². The Kier molecular flexibility index (Phi) is 6.03. The molecule has 1 heterocycles. The van der Waals surface area contributed by atoms with E-state index in [0.29, 0.717) is 27.9 Å². The van der Waals surface area contributed by atoms with E-state index in [0.717, 1.165) is 17.7 Å². The third-order valence-electron chi connectivity index (χ3n) is 5.11. The molecule has 8 heteroatoms. The molecule has 1 fully saturated rings. The summed E-state index contributed by atoms with van der Waals surface area (Å²) in [6.07, 6.45) is 4.44. The molecular weight excluding hydrogens is 406 g/mol. The fourth-order valence-electron chi connectivity index (χ4n) is 3.51. The second-order valence-corrected chi connectivity index (χ2v) is 9.94. The van der Waals surface area contributed by atoms with Crippen LogP contribution in [0.5, 0.6) is 0 Å². The summed E-state index contributed by atoms with van der Waals surface area (Å²) in [6, 6.07) is 12.6. The highest BCUT2D eigenvalue weighted by atomic mass is 32.2. The number of thioether (sulfide) groups is 1. The monoisotopic (exact) mass is 429 g/mol. The lowest BCUT2D eigenvalue weighted by Gasteiger charge is -2.21. The average Bonchev–Trinajstić information content (AvgIpc) is 3.21. The topological polar surface area (TPSA) is 87.3 Å². The molecule has 0 spiro atoms. The summed E-state index contributed by atoms with van der Waals surface area (Å²) in [4.78, 5) is 26.2. The predicted molar refractivity (Wildman–Crippen MR) is 117 cm³/mol. The van der Waals surface area contributed by atoms with E-state index in [1.807, 2.05) is 13.0 Å². The quantitative estimate of drug-likeness (QED) is 0.672. The molecule has 6 nitrogen and oxygen atoms in total. The van der Waals surface area contributed by atoms with Crippen LogP contribution in [-0.4, -0.2) is 27.3 Å². The predicted octanol–water partition coefficient (Wildman–Crippen LogP) is 3.93. The fourth-order valence-corrected chi connectivity index (χ4v) is 5.55. The Morgan fingerprint density at radius 2 is 1.97 bits per heavy atom. The number of fused-ring (bicyclic) bond motifs is 1. The highest BCUT2D eigenvalue weighted by molar-refractivity contribution is 8.01. The van der Waals surface area contributed by atoms with Gasteiger partial charge in [0, 0.05) is 22.2 Å². The van der Waals surface area contributed by atoms with Crippen LogP contribution in [0.1, 0.15) is 43.0 Å². The molecule has 0 radical (unpaired) electrons. The maximum absolute atomic E-state index is 12.7. The van der Waals surface area contributed by atoms with Crippen LogP contribution in [0.15, 0.2) is 52.3 Å². The van der Waals surface area contributed by atoms with Crippen molar-refractivity contribution in [2.75, 3.05) is 10.6 Å². The van der Waals surface area contributed by atoms with Crippen molar-refractivity contribution >= 4 is 45.9 Å². The molecule has 1 saturated carbocycles. The Balaban J connectivity index is 1.45. The molecule has 2 aromatic carbocycles. The standard InChI is InChI=1S/C21H23N3O3S2/c1-13-20(25)23-18-11-14(9-10-19(18)28-13)21(26)22-16-7-4-8-17(12-16)29(27)24-15-5-2-3-6-15/h4,7-13,15,24H,2-3,5-6H2,1H3,(H,22,26)(H,23,25). The van der Waals surface area contributed by atoms with Gasteiger partial charge in [-0.15, -0.1) is 11.8 Å². The Hall–Kier alpha value is -2.16. The summed E-state index contributed by atoms with van der Waals surface area (Å²) in [7, 11) is -1.30. The Bertz CT molecular complexity index is 973. The molecule has 152 valence electrons. The van der Waals surface area contributed by atoms with E-state index in [4.69, 9.17) is 0 Å². The van der Waals surface area contributed by atoms with Gasteiger partial charge in [0.1, 0.15) is 11.0 Å². The van der Waals surface area contributed by atoms with Gasteiger partial charge < -0.3 is 10.6 Å². The zero-order valence-corrected chi connectivity index (χ0v) is 17.7. The minimum atomic E-state index is -1.30. The van der Waals surface area contributed by atoms with E-state index in [-0.39, 0.29) is 17.1 Å². The zero-order chi connectivity index (χ0) is 20.4. The third kappa shape index (κ3) is 4.71. The first-order valence-electron chi connectivity index (χ1n) is 9.70. The molecule has 4 rings (SSSR count). The maximum atomic E-state index is 12.7. The van der Waals surface area contributed by atoms with Crippen molar-refractivity contribution in [3.8, 4) is 0 Å². The molecule has 3 N–H and O–H groups in total. The first kappa shape index (κ1) is 20.1. The van der Waals surface area contributed by atoms with Crippen LogP contribution >= 0.6 is 11.8 Å². The molecule has 2 aromatic rings. The molecule has 2 atom stereocenters. The summed E-state index contributed by atoms with van der Waals surface area (Å²) < 4.78 is 15.7. The largest absolute Gasteiger partial charge is 0.324 e. The number of hydrogen-bond donors (Lipinski definition) is 3. The summed E-state index contributed by atoms with van der Waals surface area (Å²) in [5, 5.41) is 5.54. The number of carbonyl (C=O) groups excluding carboxylic acids is 2. The normalized spacial score (nSPS) is 20.0. The molecule has 0 aromatic heterocycles. The first-order valence-corrected chi connectivity index (χ1v) is 11.7. The minimum Gasteiger partial charge on any atom is -0.324 e. The summed E-state index contributed by atoms with van der Waals surface area (Å²) >= 11 is 1.48. The number of rotatable bonds is 5. The van der Waals surface area contributed by atoms with Gasteiger partial charge in [0.15, 0.2) is 0 Å². The molecule has 2 unspecified atom stereocenters. The van der Waals surface area contributed by atoms with Crippen LogP contribution < -0.4 is 15.4 Å². The molecule has 29 heavy (non-hydrogen) atoms. The molecule has 0 saturated heterocycles. The number of amides is 2. The van der Waals surface area contributed by atoms with Gasteiger partial charge in [0.05, 0.1) is 15.8 Å². The van der Waals surface area contributed by atoms with Gasteiger partial charge in [0.2, 0.25) is 5.91 Å². The zero-order valence-electron chi connectivity index (χ0n) is 16.1. The van der Waals surface area contributed by atoms with E-state index in [9.17, 15) is 13.8 Å². The van der Waals surface area contributed by atoms with Crippen LogP contribution in [-0.2, 0) is 15.8 Å². The number of hydrogen-bond acceptors (Lipinski definition) is 4. The molecule has 1 aliphatic heterocycles. The first-order chi connectivity index (χ1) is 14.0. The second-order valence-electron chi connectivity index (χ2n) is 7.31. The van der Waals surface area contributed by atoms with Gasteiger partial charge in [-0.2, -0.15) is 0 Å². The lowest BCUT2D eigenvalue weighted by atomic mass is 10.1. The number of carbonyl (C=O) groups is 2. The number of anilines is 2. The molecule has 0 bridgehead atoms. The van der Waals surface area contributed by atoms with Gasteiger partial charge in [-0.25, -0.2) is 8.93 Å². The van der Waals surface area contributed by atoms with E-state index >= 15 is 0 Å². The van der Waals surface area contributed by atoms with Gasteiger partial charge in [-0.1, -0.05) is 18.9 Å². The summed E-state index contributed by atoms with van der Waals surface area (Å²) in [5.74, 6) is -0.345. The van der Waals surface area contributed by atoms with Gasteiger partial charge in [0.25, 0.3) is 5.91 Å². The summed E-state index contributed by atoms with van der Waals surface area (Å²) in [5.41, 5.74) is 1.69. The lowest BCUT2D eigenvalue weighted by Crippen LogP contribution is -2.28. The molecule has 2 amide bonds. The number of nitrogens with one attached hydrogen (secondary N) is 3. The van der Waals surface area contributed by atoms with Crippen molar-refractivity contribution in [2.24, 2.45) is 0 Å². The van der Waals surface area contributed by atoms with E-state index in [1.54, 1.807) is 36.4 Å². The van der Waals surface area contributed by atoms with Crippen molar-refractivity contribution < 1.29 is 13.8 Å². The number of benzene rings is 2. The second kappa shape index (κ2) is 8.69. The van der Waals surface area contributed by atoms with Crippen LogP contribution in [0, 0.1) is 0 Å². The lowest BCUT2D eigenvalue weighted by molar-refractivity contribution is -0.115. The van der Waals surface area contributed by atoms with Crippen LogP contribution in [0.3, 0.4) is 0 Å². The van der Waals surface area contributed by atoms with E-state index < -0.39 is 11.0 Å². The van der Waals surface area contributed by atoms with Crippen molar-refractivity contribution in [2.45, 2.75) is 53.7 Å². The average molecular weight is 430 g/mol. The van der Waals surface area contributed by atoms with Crippen LogP contribution in [0.4, 0.5) is 11.4 Å². The Morgan fingerprint density at radius 3 is 2.76 bits per heavy atom. The molecule has 1 aliphatic carbocycles.